The normalized spacial score (nSPS) is 11.1. The number of hydrogen-bond acceptors (Lipinski definition) is 4. The average Bonchev–Trinajstić information content (AvgIpc) is 3.16. The van der Waals surface area contributed by atoms with Crippen molar-refractivity contribution in [3.05, 3.63) is 54.3 Å². The molecule has 0 fully saturated rings. The van der Waals surface area contributed by atoms with E-state index in [0.717, 1.165) is 11.0 Å². The first kappa shape index (κ1) is 12.0. The van der Waals surface area contributed by atoms with Crippen molar-refractivity contribution in [2.75, 3.05) is 0 Å². The predicted octanol–water partition coefficient (Wildman–Crippen LogP) is 2.86. The summed E-state index contributed by atoms with van der Waals surface area (Å²) in [4.78, 5) is 20.5. The number of hydrogen-bond donors (Lipinski definition) is 1. The van der Waals surface area contributed by atoms with Crippen molar-refractivity contribution in [1.29, 1.82) is 0 Å². The standard InChI is InChI=1S/C14H9ClN6/c15-9-1-2-10-11(5-9)20-14(19-10)12-6-17-7-13(18-12)21-4-3-16-8-21/h1-8H,(H,19,20). The highest BCUT2D eigenvalue weighted by atomic mass is 35.5. The minimum absolute atomic E-state index is 0.654. The molecule has 0 radical (unpaired) electrons. The molecule has 0 aliphatic heterocycles. The third-order valence-electron chi connectivity index (χ3n) is 3.08. The van der Waals surface area contributed by atoms with Gasteiger partial charge in [-0.15, -0.1) is 0 Å². The molecular formula is C14H9ClN6. The summed E-state index contributed by atoms with van der Waals surface area (Å²) in [6.45, 7) is 0. The van der Waals surface area contributed by atoms with Gasteiger partial charge in [-0.05, 0) is 18.2 Å². The second-order valence-corrected chi connectivity index (χ2v) is 4.92. The molecule has 0 saturated carbocycles. The Morgan fingerprint density at radius 2 is 2.05 bits per heavy atom. The zero-order valence-corrected chi connectivity index (χ0v) is 11.5. The van der Waals surface area contributed by atoms with Gasteiger partial charge in [0.1, 0.15) is 12.0 Å². The Hall–Kier alpha value is -2.73. The number of nitrogens with zero attached hydrogens (tertiary/aromatic N) is 5. The second-order valence-electron chi connectivity index (χ2n) is 4.48. The van der Waals surface area contributed by atoms with Crippen molar-refractivity contribution in [3.63, 3.8) is 0 Å². The van der Waals surface area contributed by atoms with Gasteiger partial charge in [-0.1, -0.05) is 11.6 Å². The Balaban J connectivity index is 1.83. The highest BCUT2D eigenvalue weighted by molar-refractivity contribution is 6.31. The van der Waals surface area contributed by atoms with Crippen molar-refractivity contribution < 1.29 is 0 Å². The van der Waals surface area contributed by atoms with Gasteiger partial charge in [0.2, 0.25) is 0 Å². The number of rotatable bonds is 2. The highest BCUT2D eigenvalue weighted by Crippen LogP contribution is 2.21. The van der Waals surface area contributed by atoms with Crippen molar-refractivity contribution >= 4 is 22.6 Å². The predicted molar refractivity (Wildman–Crippen MR) is 79.3 cm³/mol. The fraction of sp³-hybridized carbons (Fsp3) is 0. The van der Waals surface area contributed by atoms with E-state index in [-0.39, 0.29) is 0 Å². The molecule has 0 bridgehead atoms. The number of imidazole rings is 2. The molecule has 21 heavy (non-hydrogen) atoms. The van der Waals surface area contributed by atoms with Gasteiger partial charge in [0, 0.05) is 17.4 Å². The van der Waals surface area contributed by atoms with Gasteiger partial charge in [0.25, 0.3) is 0 Å². The molecule has 0 spiro atoms. The summed E-state index contributed by atoms with van der Waals surface area (Å²) in [6, 6.07) is 5.51. The molecule has 0 aliphatic rings. The van der Waals surface area contributed by atoms with E-state index >= 15 is 0 Å². The lowest BCUT2D eigenvalue weighted by atomic mass is 10.3. The van der Waals surface area contributed by atoms with Crippen LogP contribution in [0.25, 0.3) is 28.4 Å². The summed E-state index contributed by atoms with van der Waals surface area (Å²) in [5.74, 6) is 1.34. The zero-order valence-electron chi connectivity index (χ0n) is 10.7. The molecule has 7 heteroatoms. The minimum Gasteiger partial charge on any atom is -0.337 e. The molecule has 0 aliphatic carbocycles. The van der Waals surface area contributed by atoms with Gasteiger partial charge in [0.15, 0.2) is 11.6 Å². The van der Waals surface area contributed by atoms with E-state index in [2.05, 4.69) is 24.9 Å². The molecule has 0 saturated heterocycles. The number of aromatic nitrogens is 6. The molecule has 4 aromatic rings. The third kappa shape index (κ3) is 2.15. The zero-order chi connectivity index (χ0) is 14.2. The Kier molecular flexibility index (Phi) is 2.68. The smallest absolute Gasteiger partial charge is 0.158 e. The van der Waals surface area contributed by atoms with E-state index in [4.69, 9.17) is 11.6 Å². The van der Waals surface area contributed by atoms with Crippen molar-refractivity contribution in [2.45, 2.75) is 0 Å². The first-order valence-corrected chi connectivity index (χ1v) is 6.63. The molecule has 6 nitrogen and oxygen atoms in total. The summed E-state index contributed by atoms with van der Waals surface area (Å²) < 4.78 is 1.79. The molecule has 4 rings (SSSR count). The first-order valence-electron chi connectivity index (χ1n) is 6.25. The van der Waals surface area contributed by atoms with Crippen LogP contribution < -0.4 is 0 Å². The van der Waals surface area contributed by atoms with E-state index in [9.17, 15) is 0 Å². The van der Waals surface area contributed by atoms with Crippen LogP contribution in [0.5, 0.6) is 0 Å². The molecule has 3 aromatic heterocycles. The van der Waals surface area contributed by atoms with Gasteiger partial charge in [-0.25, -0.2) is 15.0 Å². The molecule has 0 unspecified atom stereocenters. The molecular weight excluding hydrogens is 288 g/mol. The van der Waals surface area contributed by atoms with Gasteiger partial charge < -0.3 is 4.98 Å². The summed E-state index contributed by atoms with van der Waals surface area (Å²) in [7, 11) is 0. The minimum atomic E-state index is 0.654. The Morgan fingerprint density at radius 1 is 1.10 bits per heavy atom. The van der Waals surface area contributed by atoms with E-state index in [1.807, 2.05) is 24.4 Å². The largest absolute Gasteiger partial charge is 0.337 e. The Morgan fingerprint density at radius 3 is 2.90 bits per heavy atom. The third-order valence-corrected chi connectivity index (χ3v) is 3.31. The van der Waals surface area contributed by atoms with Crippen LogP contribution in [0.1, 0.15) is 0 Å². The summed E-state index contributed by atoms with van der Waals surface area (Å²) in [5, 5.41) is 0.663. The highest BCUT2D eigenvalue weighted by Gasteiger charge is 2.09. The number of halogens is 1. The summed E-state index contributed by atoms with van der Waals surface area (Å²) in [5.41, 5.74) is 2.37. The van der Waals surface area contributed by atoms with Crippen molar-refractivity contribution in [2.24, 2.45) is 0 Å². The summed E-state index contributed by atoms with van der Waals surface area (Å²) >= 11 is 5.98. The number of aromatic amines is 1. The van der Waals surface area contributed by atoms with E-state index in [1.54, 1.807) is 29.5 Å². The van der Waals surface area contributed by atoms with Gasteiger partial charge in [-0.2, -0.15) is 0 Å². The van der Waals surface area contributed by atoms with E-state index in [1.165, 1.54) is 0 Å². The Labute approximate surface area is 124 Å². The molecule has 0 amide bonds. The number of nitrogens with one attached hydrogen (secondary N) is 1. The maximum atomic E-state index is 5.98. The first-order chi connectivity index (χ1) is 10.3. The van der Waals surface area contributed by atoms with E-state index in [0.29, 0.717) is 22.4 Å². The summed E-state index contributed by atoms with van der Waals surface area (Å²) in [6.07, 6.45) is 8.51. The topological polar surface area (TPSA) is 72.3 Å². The fourth-order valence-corrected chi connectivity index (χ4v) is 2.26. The lowest BCUT2D eigenvalue weighted by Gasteiger charge is -2.01. The van der Waals surface area contributed by atoms with Crippen LogP contribution >= 0.6 is 11.6 Å². The van der Waals surface area contributed by atoms with Gasteiger partial charge in [0.05, 0.1) is 23.4 Å². The fourth-order valence-electron chi connectivity index (χ4n) is 2.09. The monoisotopic (exact) mass is 296 g/mol. The SMILES string of the molecule is Clc1ccc2nc(-c3cncc(-n4ccnc4)n3)[nH]c2c1. The molecule has 102 valence electrons. The van der Waals surface area contributed by atoms with Crippen molar-refractivity contribution in [3.8, 4) is 17.3 Å². The van der Waals surface area contributed by atoms with Crippen molar-refractivity contribution in [1.82, 2.24) is 29.5 Å². The van der Waals surface area contributed by atoms with Crippen LogP contribution in [-0.2, 0) is 0 Å². The van der Waals surface area contributed by atoms with Crippen LogP contribution in [-0.4, -0.2) is 29.5 Å². The molecule has 3 heterocycles. The van der Waals surface area contributed by atoms with Crippen LogP contribution in [0.2, 0.25) is 5.02 Å². The quantitative estimate of drug-likeness (QED) is 0.617. The van der Waals surface area contributed by atoms with Crippen LogP contribution in [0.15, 0.2) is 49.3 Å². The maximum Gasteiger partial charge on any atom is 0.158 e. The Bertz CT molecular complexity index is 912. The lowest BCUT2D eigenvalue weighted by Crippen LogP contribution is -1.97. The second kappa shape index (κ2) is 4.68. The number of fused-ring (bicyclic) bond motifs is 1. The number of H-pyrrole nitrogens is 1. The lowest BCUT2D eigenvalue weighted by molar-refractivity contribution is 0.969. The van der Waals surface area contributed by atoms with Gasteiger partial charge in [-0.3, -0.25) is 9.55 Å². The molecule has 1 aromatic carbocycles. The average molecular weight is 297 g/mol. The van der Waals surface area contributed by atoms with Gasteiger partial charge >= 0.3 is 0 Å². The molecule has 1 N–H and O–H groups in total. The molecule has 0 atom stereocenters. The number of benzene rings is 1. The van der Waals surface area contributed by atoms with E-state index < -0.39 is 0 Å². The maximum absolute atomic E-state index is 5.98. The van der Waals surface area contributed by atoms with Crippen LogP contribution in [0.4, 0.5) is 0 Å². The van der Waals surface area contributed by atoms with Crippen LogP contribution in [0.3, 0.4) is 0 Å². The van der Waals surface area contributed by atoms with Crippen LogP contribution in [0, 0.1) is 0 Å².